The maximum absolute atomic E-state index is 12.5. The third-order valence-electron chi connectivity index (χ3n) is 3.92. The first kappa shape index (κ1) is 13.8. The molecule has 3 heterocycles. The number of amides is 1. The largest absolute Gasteiger partial charge is 0.300 e. The molecule has 21 heavy (non-hydrogen) atoms. The molecule has 112 valence electrons. The Bertz CT molecular complexity index is 658. The number of aromatic nitrogens is 4. The van der Waals surface area contributed by atoms with Crippen LogP contribution in [0.25, 0.3) is 0 Å². The molecule has 1 fully saturated rings. The molecular weight excluding hydrogens is 268 g/mol. The summed E-state index contributed by atoms with van der Waals surface area (Å²) in [6, 6.07) is 1.79. The number of H-pyrrole nitrogens is 1. The lowest BCUT2D eigenvalue weighted by molar-refractivity contribution is -0.118. The van der Waals surface area contributed by atoms with Crippen molar-refractivity contribution < 1.29 is 4.79 Å². The van der Waals surface area contributed by atoms with Crippen molar-refractivity contribution in [3.8, 4) is 0 Å². The number of nitrogens with one attached hydrogen (secondary N) is 2. The zero-order valence-electron chi connectivity index (χ0n) is 12.6. The van der Waals surface area contributed by atoms with Crippen LogP contribution >= 0.6 is 0 Å². The first-order valence-corrected chi connectivity index (χ1v) is 7.10. The van der Waals surface area contributed by atoms with Crippen LogP contribution in [0, 0.1) is 13.8 Å². The minimum absolute atomic E-state index is 0.107. The molecule has 0 bridgehead atoms. The molecule has 2 aromatic heterocycles. The number of aromatic amines is 1. The van der Waals surface area contributed by atoms with Gasteiger partial charge in [0.2, 0.25) is 5.91 Å². The Kier molecular flexibility index (Phi) is 3.50. The van der Waals surface area contributed by atoms with Gasteiger partial charge < -0.3 is 5.32 Å². The van der Waals surface area contributed by atoms with Gasteiger partial charge in [0.25, 0.3) is 0 Å². The van der Waals surface area contributed by atoms with E-state index in [0.29, 0.717) is 6.54 Å². The molecule has 0 saturated carbocycles. The zero-order valence-corrected chi connectivity index (χ0v) is 12.6. The normalized spacial score (nSPS) is 18.7. The van der Waals surface area contributed by atoms with Gasteiger partial charge in [-0.3, -0.25) is 19.5 Å². The highest BCUT2D eigenvalue weighted by Gasteiger charge is 2.33. The van der Waals surface area contributed by atoms with E-state index in [1.165, 1.54) is 0 Å². The van der Waals surface area contributed by atoms with E-state index in [1.807, 2.05) is 27.0 Å². The first-order valence-electron chi connectivity index (χ1n) is 7.10. The average molecular weight is 288 g/mol. The van der Waals surface area contributed by atoms with Gasteiger partial charge in [0.15, 0.2) is 0 Å². The summed E-state index contributed by atoms with van der Waals surface area (Å²) in [6.45, 7) is 5.28. The van der Waals surface area contributed by atoms with Crippen molar-refractivity contribution in [2.75, 3.05) is 11.4 Å². The molecule has 2 N–H and O–H groups in total. The molecule has 7 heteroatoms. The van der Waals surface area contributed by atoms with Crippen LogP contribution in [0.2, 0.25) is 0 Å². The van der Waals surface area contributed by atoms with Crippen LogP contribution in [0.15, 0.2) is 12.3 Å². The van der Waals surface area contributed by atoms with Gasteiger partial charge >= 0.3 is 0 Å². The summed E-state index contributed by atoms with van der Waals surface area (Å²) >= 11 is 0. The summed E-state index contributed by atoms with van der Waals surface area (Å²) < 4.78 is 1.76. The second kappa shape index (κ2) is 5.33. The molecule has 0 aliphatic carbocycles. The molecule has 1 amide bonds. The lowest BCUT2D eigenvalue weighted by Gasteiger charge is -2.16. The molecule has 1 atom stereocenters. The van der Waals surface area contributed by atoms with Crippen LogP contribution < -0.4 is 10.2 Å². The topological polar surface area (TPSA) is 78.8 Å². The Labute approximate surface area is 123 Å². The molecule has 1 saturated heterocycles. The maximum Gasteiger partial charge on any atom is 0.245 e. The number of rotatable bonds is 4. The minimum atomic E-state index is -0.150. The third kappa shape index (κ3) is 2.56. The van der Waals surface area contributed by atoms with E-state index in [-0.39, 0.29) is 11.9 Å². The second-order valence-corrected chi connectivity index (χ2v) is 5.51. The van der Waals surface area contributed by atoms with Crippen molar-refractivity contribution >= 4 is 11.7 Å². The SMILES string of the molecule is Cc1cc(N2CCC(NCc3[nH]ncc3C)C2=O)n(C)n1. The summed E-state index contributed by atoms with van der Waals surface area (Å²) in [5, 5.41) is 14.5. The summed E-state index contributed by atoms with van der Waals surface area (Å²) in [6.07, 6.45) is 2.59. The average Bonchev–Trinajstić information content (AvgIpc) is 3.09. The summed E-state index contributed by atoms with van der Waals surface area (Å²) in [7, 11) is 1.87. The summed E-state index contributed by atoms with van der Waals surface area (Å²) in [5.74, 6) is 0.967. The van der Waals surface area contributed by atoms with Gasteiger partial charge in [-0.05, 0) is 25.8 Å². The molecule has 1 aliphatic heterocycles. The Morgan fingerprint density at radius 3 is 2.90 bits per heavy atom. The van der Waals surface area contributed by atoms with Crippen molar-refractivity contribution in [3.63, 3.8) is 0 Å². The van der Waals surface area contributed by atoms with E-state index in [1.54, 1.807) is 15.8 Å². The van der Waals surface area contributed by atoms with Gasteiger partial charge in [0, 0.05) is 26.2 Å². The zero-order chi connectivity index (χ0) is 15.0. The van der Waals surface area contributed by atoms with Crippen molar-refractivity contribution in [1.82, 2.24) is 25.3 Å². The molecule has 0 spiro atoms. The fraction of sp³-hybridized carbons (Fsp3) is 0.500. The summed E-state index contributed by atoms with van der Waals surface area (Å²) in [5.41, 5.74) is 3.05. The summed E-state index contributed by atoms with van der Waals surface area (Å²) in [4.78, 5) is 14.3. The number of nitrogens with zero attached hydrogens (tertiary/aromatic N) is 4. The van der Waals surface area contributed by atoms with Gasteiger partial charge in [-0.25, -0.2) is 0 Å². The number of hydrogen-bond donors (Lipinski definition) is 2. The van der Waals surface area contributed by atoms with Crippen LogP contribution in [-0.4, -0.2) is 38.5 Å². The van der Waals surface area contributed by atoms with Gasteiger partial charge in [-0.15, -0.1) is 0 Å². The Morgan fingerprint density at radius 1 is 1.48 bits per heavy atom. The molecule has 0 aromatic carbocycles. The molecule has 3 rings (SSSR count). The third-order valence-corrected chi connectivity index (χ3v) is 3.92. The van der Waals surface area contributed by atoms with Crippen LogP contribution in [0.3, 0.4) is 0 Å². The Hall–Kier alpha value is -2.15. The van der Waals surface area contributed by atoms with Crippen LogP contribution in [-0.2, 0) is 18.4 Å². The Balaban J connectivity index is 1.66. The van der Waals surface area contributed by atoms with E-state index in [9.17, 15) is 4.79 Å². The highest BCUT2D eigenvalue weighted by molar-refractivity contribution is 5.98. The Morgan fingerprint density at radius 2 is 2.29 bits per heavy atom. The smallest absolute Gasteiger partial charge is 0.245 e. The lowest BCUT2D eigenvalue weighted by atomic mass is 10.2. The van der Waals surface area contributed by atoms with Crippen LogP contribution in [0.1, 0.15) is 23.4 Å². The lowest BCUT2D eigenvalue weighted by Crippen LogP contribution is -2.38. The maximum atomic E-state index is 12.5. The number of hydrogen-bond acceptors (Lipinski definition) is 4. The van der Waals surface area contributed by atoms with E-state index >= 15 is 0 Å². The van der Waals surface area contributed by atoms with E-state index in [0.717, 1.165) is 35.7 Å². The van der Waals surface area contributed by atoms with Gasteiger partial charge in [0.1, 0.15) is 5.82 Å². The monoisotopic (exact) mass is 288 g/mol. The van der Waals surface area contributed by atoms with E-state index in [2.05, 4.69) is 20.6 Å². The molecular formula is C14H20N6O. The number of carbonyl (C=O) groups is 1. The first-order chi connectivity index (χ1) is 10.1. The van der Waals surface area contributed by atoms with E-state index in [4.69, 9.17) is 0 Å². The highest BCUT2D eigenvalue weighted by Crippen LogP contribution is 2.22. The van der Waals surface area contributed by atoms with Crippen molar-refractivity contribution in [2.24, 2.45) is 7.05 Å². The molecule has 1 aliphatic rings. The van der Waals surface area contributed by atoms with Crippen LogP contribution in [0.5, 0.6) is 0 Å². The van der Waals surface area contributed by atoms with Gasteiger partial charge in [-0.2, -0.15) is 10.2 Å². The van der Waals surface area contributed by atoms with Crippen LogP contribution in [0.4, 0.5) is 5.82 Å². The van der Waals surface area contributed by atoms with E-state index < -0.39 is 0 Å². The second-order valence-electron chi connectivity index (χ2n) is 5.51. The number of carbonyl (C=O) groups excluding carboxylic acids is 1. The predicted octanol–water partition coefficient (Wildman–Crippen LogP) is 0.655. The highest BCUT2D eigenvalue weighted by atomic mass is 16.2. The van der Waals surface area contributed by atoms with Crippen molar-refractivity contribution in [3.05, 3.63) is 29.2 Å². The fourth-order valence-electron chi connectivity index (χ4n) is 2.72. The molecule has 7 nitrogen and oxygen atoms in total. The van der Waals surface area contributed by atoms with Crippen molar-refractivity contribution in [2.45, 2.75) is 32.9 Å². The molecule has 0 radical (unpaired) electrons. The van der Waals surface area contributed by atoms with Gasteiger partial charge in [0.05, 0.1) is 23.6 Å². The number of anilines is 1. The van der Waals surface area contributed by atoms with Gasteiger partial charge in [-0.1, -0.05) is 0 Å². The van der Waals surface area contributed by atoms with Crippen molar-refractivity contribution in [1.29, 1.82) is 0 Å². The predicted molar refractivity (Wildman–Crippen MR) is 78.9 cm³/mol. The standard InChI is InChI=1S/C14H20N6O/c1-9-7-16-17-12(9)8-15-11-4-5-20(14(11)21)13-6-10(2)18-19(13)3/h6-7,11,15H,4-5,8H2,1-3H3,(H,16,17). The fourth-order valence-corrected chi connectivity index (χ4v) is 2.72. The number of aryl methyl sites for hydroxylation is 3. The molecule has 1 unspecified atom stereocenters. The minimum Gasteiger partial charge on any atom is -0.300 e. The molecule has 2 aromatic rings. The quantitative estimate of drug-likeness (QED) is 0.866.